The van der Waals surface area contributed by atoms with Gasteiger partial charge >= 0.3 is 0 Å². The molecule has 0 aromatic heterocycles. The van der Waals surface area contributed by atoms with Crippen LogP contribution in [0.25, 0.3) is 0 Å². The zero-order valence-electron chi connectivity index (χ0n) is 8.01. The number of aryl methyl sites for hydroxylation is 1. The Morgan fingerprint density at radius 3 is 2.67 bits per heavy atom. The SMILES string of the molecule is CCC[CH]Cc1ccccc1C. The Morgan fingerprint density at radius 1 is 1.25 bits per heavy atom. The van der Waals surface area contributed by atoms with Crippen molar-refractivity contribution in [2.45, 2.75) is 33.1 Å². The molecule has 0 fully saturated rings. The molecule has 0 N–H and O–H groups in total. The summed E-state index contributed by atoms with van der Waals surface area (Å²) in [6.45, 7) is 4.39. The van der Waals surface area contributed by atoms with Crippen LogP contribution in [0.3, 0.4) is 0 Å². The fourth-order valence-corrected chi connectivity index (χ4v) is 1.30. The van der Waals surface area contributed by atoms with Crippen LogP contribution in [0, 0.1) is 13.3 Å². The Labute approximate surface area is 75.6 Å². The van der Waals surface area contributed by atoms with Crippen molar-refractivity contribution in [3.63, 3.8) is 0 Å². The summed E-state index contributed by atoms with van der Waals surface area (Å²) in [5.41, 5.74) is 2.87. The van der Waals surface area contributed by atoms with Crippen LogP contribution in [0.4, 0.5) is 0 Å². The van der Waals surface area contributed by atoms with Gasteiger partial charge in [0.15, 0.2) is 0 Å². The van der Waals surface area contributed by atoms with E-state index in [0.717, 1.165) is 6.42 Å². The Kier molecular flexibility index (Phi) is 3.86. The van der Waals surface area contributed by atoms with Gasteiger partial charge in [0.25, 0.3) is 0 Å². The van der Waals surface area contributed by atoms with E-state index < -0.39 is 0 Å². The number of hydrogen-bond donors (Lipinski definition) is 0. The first-order chi connectivity index (χ1) is 5.84. The quantitative estimate of drug-likeness (QED) is 0.592. The maximum absolute atomic E-state index is 2.36. The normalized spacial score (nSPS) is 10.2. The van der Waals surface area contributed by atoms with E-state index in [1.807, 2.05) is 0 Å². The van der Waals surface area contributed by atoms with Crippen LogP contribution in [0.15, 0.2) is 24.3 Å². The molecule has 1 rings (SSSR count). The van der Waals surface area contributed by atoms with Crippen molar-refractivity contribution in [3.8, 4) is 0 Å². The maximum atomic E-state index is 2.36. The maximum Gasteiger partial charge on any atom is -0.0245 e. The van der Waals surface area contributed by atoms with E-state index in [0.29, 0.717) is 0 Å². The number of hydrogen-bond acceptors (Lipinski definition) is 0. The van der Waals surface area contributed by atoms with Gasteiger partial charge in [0.05, 0.1) is 0 Å². The Morgan fingerprint density at radius 2 is 2.00 bits per heavy atom. The molecule has 0 saturated heterocycles. The standard InChI is InChI=1S/C12H17/c1-3-4-5-9-12-10-7-6-8-11(12)2/h5-8,10H,3-4,9H2,1-2H3. The largest absolute Gasteiger partial charge is 0.0654 e. The first-order valence-electron chi connectivity index (χ1n) is 4.70. The lowest BCUT2D eigenvalue weighted by atomic mass is 10.0. The fourth-order valence-electron chi connectivity index (χ4n) is 1.30. The third-order valence-electron chi connectivity index (χ3n) is 2.12. The summed E-state index contributed by atoms with van der Waals surface area (Å²) in [6.07, 6.45) is 5.98. The fraction of sp³-hybridized carbons (Fsp3) is 0.417. The van der Waals surface area contributed by atoms with Crippen molar-refractivity contribution in [2.24, 2.45) is 0 Å². The van der Waals surface area contributed by atoms with Crippen molar-refractivity contribution in [2.75, 3.05) is 0 Å². The monoisotopic (exact) mass is 161 g/mol. The number of unbranched alkanes of at least 4 members (excludes halogenated alkanes) is 2. The van der Waals surface area contributed by atoms with Gasteiger partial charge in [-0.25, -0.2) is 0 Å². The van der Waals surface area contributed by atoms with Gasteiger partial charge in [-0.2, -0.15) is 0 Å². The van der Waals surface area contributed by atoms with Crippen LogP contribution in [-0.4, -0.2) is 0 Å². The van der Waals surface area contributed by atoms with E-state index in [1.165, 1.54) is 24.0 Å². The van der Waals surface area contributed by atoms with E-state index in [2.05, 4.69) is 44.5 Å². The van der Waals surface area contributed by atoms with Crippen molar-refractivity contribution in [1.82, 2.24) is 0 Å². The summed E-state index contributed by atoms with van der Waals surface area (Å²) < 4.78 is 0. The van der Waals surface area contributed by atoms with Crippen LogP contribution >= 0.6 is 0 Å². The van der Waals surface area contributed by atoms with E-state index in [-0.39, 0.29) is 0 Å². The van der Waals surface area contributed by atoms with Gasteiger partial charge in [-0.1, -0.05) is 44.0 Å². The molecule has 0 aliphatic carbocycles. The third-order valence-corrected chi connectivity index (χ3v) is 2.12. The molecule has 1 aromatic carbocycles. The second-order valence-corrected chi connectivity index (χ2v) is 3.21. The lowest BCUT2D eigenvalue weighted by Gasteiger charge is -2.03. The zero-order chi connectivity index (χ0) is 8.81. The van der Waals surface area contributed by atoms with Crippen LogP contribution in [0.5, 0.6) is 0 Å². The molecule has 0 nitrogen and oxygen atoms in total. The molecule has 0 bridgehead atoms. The number of rotatable bonds is 4. The van der Waals surface area contributed by atoms with Crippen molar-refractivity contribution in [3.05, 3.63) is 41.8 Å². The van der Waals surface area contributed by atoms with E-state index >= 15 is 0 Å². The Balaban J connectivity index is 2.46. The van der Waals surface area contributed by atoms with E-state index in [4.69, 9.17) is 0 Å². The van der Waals surface area contributed by atoms with Crippen molar-refractivity contribution < 1.29 is 0 Å². The minimum atomic E-state index is 1.13. The molecule has 0 spiro atoms. The molecule has 0 saturated carbocycles. The van der Waals surface area contributed by atoms with Crippen LogP contribution in [-0.2, 0) is 6.42 Å². The first kappa shape index (κ1) is 9.31. The highest BCUT2D eigenvalue weighted by Crippen LogP contribution is 2.10. The van der Waals surface area contributed by atoms with Gasteiger partial charge in [-0.05, 0) is 30.9 Å². The predicted octanol–water partition coefficient (Wildman–Crippen LogP) is 3.54. The summed E-state index contributed by atoms with van der Waals surface area (Å²) in [5, 5.41) is 0. The van der Waals surface area contributed by atoms with Gasteiger partial charge in [0.2, 0.25) is 0 Å². The third kappa shape index (κ3) is 2.69. The second kappa shape index (κ2) is 4.97. The lowest BCUT2D eigenvalue weighted by molar-refractivity contribution is 0.862. The molecular weight excluding hydrogens is 144 g/mol. The van der Waals surface area contributed by atoms with E-state index in [9.17, 15) is 0 Å². The molecule has 1 aromatic rings. The average Bonchev–Trinajstić information content (AvgIpc) is 2.09. The minimum absolute atomic E-state index is 1.13. The van der Waals surface area contributed by atoms with Gasteiger partial charge in [0.1, 0.15) is 0 Å². The van der Waals surface area contributed by atoms with Gasteiger partial charge in [-0.15, -0.1) is 0 Å². The Bertz CT molecular complexity index is 225. The molecule has 0 heteroatoms. The van der Waals surface area contributed by atoms with Gasteiger partial charge < -0.3 is 0 Å². The molecule has 12 heavy (non-hydrogen) atoms. The first-order valence-corrected chi connectivity index (χ1v) is 4.70. The summed E-state index contributed by atoms with van der Waals surface area (Å²) in [6, 6.07) is 8.59. The Hall–Kier alpha value is -0.780. The summed E-state index contributed by atoms with van der Waals surface area (Å²) in [5.74, 6) is 0. The summed E-state index contributed by atoms with van der Waals surface area (Å²) in [4.78, 5) is 0. The zero-order valence-corrected chi connectivity index (χ0v) is 8.01. The highest BCUT2D eigenvalue weighted by molar-refractivity contribution is 5.26. The molecule has 0 aliphatic heterocycles. The molecule has 1 radical (unpaired) electrons. The highest BCUT2D eigenvalue weighted by atomic mass is 14.0. The summed E-state index contributed by atoms with van der Waals surface area (Å²) in [7, 11) is 0. The molecule has 0 amide bonds. The minimum Gasteiger partial charge on any atom is -0.0654 e. The smallest absolute Gasteiger partial charge is 0.0245 e. The summed E-state index contributed by atoms with van der Waals surface area (Å²) >= 11 is 0. The van der Waals surface area contributed by atoms with E-state index in [1.54, 1.807) is 0 Å². The van der Waals surface area contributed by atoms with Crippen molar-refractivity contribution in [1.29, 1.82) is 0 Å². The molecule has 0 unspecified atom stereocenters. The highest BCUT2D eigenvalue weighted by Gasteiger charge is 1.95. The average molecular weight is 161 g/mol. The van der Waals surface area contributed by atoms with Crippen LogP contribution < -0.4 is 0 Å². The number of benzene rings is 1. The second-order valence-electron chi connectivity index (χ2n) is 3.21. The topological polar surface area (TPSA) is 0 Å². The van der Waals surface area contributed by atoms with Crippen LogP contribution in [0.1, 0.15) is 30.9 Å². The molecule has 0 heterocycles. The molecule has 0 aliphatic rings. The predicted molar refractivity (Wildman–Crippen MR) is 54.1 cm³/mol. The molecular formula is C12H17. The van der Waals surface area contributed by atoms with Gasteiger partial charge in [0, 0.05) is 0 Å². The lowest BCUT2D eigenvalue weighted by Crippen LogP contribution is -1.89. The van der Waals surface area contributed by atoms with Crippen LogP contribution in [0.2, 0.25) is 0 Å². The molecule has 65 valence electrons. The van der Waals surface area contributed by atoms with Crippen molar-refractivity contribution >= 4 is 0 Å². The molecule has 0 atom stereocenters. The van der Waals surface area contributed by atoms with Gasteiger partial charge in [-0.3, -0.25) is 0 Å².